The van der Waals surface area contributed by atoms with E-state index in [1.165, 1.54) is 0 Å². The minimum atomic E-state index is -4.02. The summed E-state index contributed by atoms with van der Waals surface area (Å²) in [6, 6.07) is 9.87. The zero-order chi connectivity index (χ0) is 24.2. The van der Waals surface area contributed by atoms with Crippen LogP contribution in [0.1, 0.15) is 40.9 Å². The number of aromatic amines is 1. The van der Waals surface area contributed by atoms with Crippen molar-refractivity contribution in [1.29, 1.82) is 0 Å². The summed E-state index contributed by atoms with van der Waals surface area (Å²) in [6.45, 7) is 4.18. The van der Waals surface area contributed by atoms with E-state index < -0.39 is 21.8 Å². The zero-order valence-electron chi connectivity index (χ0n) is 18.4. The largest absolute Gasteiger partial charge is 0.450 e. The maximum absolute atomic E-state index is 13.7. The highest BCUT2D eigenvalue weighted by atomic mass is 35.5. The van der Waals surface area contributed by atoms with Gasteiger partial charge in [-0.15, -0.1) is 0 Å². The predicted molar refractivity (Wildman–Crippen MR) is 126 cm³/mol. The molecular weight excluding hydrogens is 466 g/mol. The fourth-order valence-electron chi connectivity index (χ4n) is 3.65. The first kappa shape index (κ1) is 24.6. The Bertz CT molecular complexity index is 1280. The second kappa shape index (κ2) is 10.3. The molecular formula is C23H26ClN3O5S. The van der Waals surface area contributed by atoms with Gasteiger partial charge in [-0.25, -0.2) is 13.2 Å². The average Bonchev–Trinajstić information content (AvgIpc) is 3.11. The molecule has 1 heterocycles. The van der Waals surface area contributed by atoms with Crippen LogP contribution in [0.25, 0.3) is 10.9 Å². The maximum Gasteiger partial charge on any atom is 0.404 e. The molecule has 10 heteroatoms. The number of primary amides is 1. The number of aryl methyl sites for hydroxylation is 2. The van der Waals surface area contributed by atoms with E-state index in [1.54, 1.807) is 30.3 Å². The molecule has 0 aliphatic heterocycles. The van der Waals surface area contributed by atoms with Crippen molar-refractivity contribution in [1.82, 2.24) is 10.3 Å². The summed E-state index contributed by atoms with van der Waals surface area (Å²) in [5.74, 6) is -0.529. The van der Waals surface area contributed by atoms with Gasteiger partial charge < -0.3 is 20.8 Å². The summed E-state index contributed by atoms with van der Waals surface area (Å²) in [5, 5.41) is 3.48. The molecule has 176 valence electrons. The van der Waals surface area contributed by atoms with Crippen LogP contribution >= 0.6 is 11.6 Å². The normalized spacial score (nSPS) is 11.5. The lowest BCUT2D eigenvalue weighted by Crippen LogP contribution is -2.26. The summed E-state index contributed by atoms with van der Waals surface area (Å²) in [5.41, 5.74) is 6.97. The second-order valence-corrected chi connectivity index (χ2v) is 10.2. The first-order valence-corrected chi connectivity index (χ1v) is 12.3. The summed E-state index contributed by atoms with van der Waals surface area (Å²) >= 11 is 6.14. The molecule has 2 aromatic carbocycles. The molecule has 4 N–H and O–H groups in total. The number of hydrogen-bond acceptors (Lipinski definition) is 5. The number of halogens is 1. The van der Waals surface area contributed by atoms with Crippen LogP contribution in [0.5, 0.6) is 0 Å². The number of nitrogens with two attached hydrogens (primary N) is 1. The van der Waals surface area contributed by atoms with Gasteiger partial charge in [-0.1, -0.05) is 17.7 Å². The summed E-state index contributed by atoms with van der Waals surface area (Å²) in [4.78, 5) is 26.5. The number of hydrogen-bond donors (Lipinski definition) is 3. The van der Waals surface area contributed by atoms with Crippen molar-refractivity contribution < 1.29 is 22.7 Å². The molecule has 0 spiro atoms. The van der Waals surface area contributed by atoms with Crippen molar-refractivity contribution in [3.63, 3.8) is 0 Å². The van der Waals surface area contributed by atoms with Crippen LogP contribution in [-0.2, 0) is 14.6 Å². The van der Waals surface area contributed by atoms with Crippen molar-refractivity contribution in [2.45, 2.75) is 42.9 Å². The van der Waals surface area contributed by atoms with E-state index in [-0.39, 0.29) is 22.1 Å². The van der Waals surface area contributed by atoms with Crippen molar-refractivity contribution in [2.75, 3.05) is 13.2 Å². The minimum Gasteiger partial charge on any atom is -0.450 e. The number of nitrogens with one attached hydrogen (secondary N) is 2. The van der Waals surface area contributed by atoms with E-state index in [4.69, 9.17) is 17.3 Å². The Kier molecular flexibility index (Phi) is 7.65. The third kappa shape index (κ3) is 5.85. The highest BCUT2D eigenvalue weighted by Gasteiger charge is 2.30. The molecule has 0 radical (unpaired) electrons. The number of amides is 2. The quantitative estimate of drug-likeness (QED) is 0.385. The van der Waals surface area contributed by atoms with Crippen LogP contribution in [0, 0.1) is 13.8 Å². The molecule has 0 fully saturated rings. The molecule has 3 rings (SSSR count). The number of H-pyrrole nitrogens is 1. The van der Waals surface area contributed by atoms with Crippen LogP contribution in [-0.4, -0.2) is 38.6 Å². The van der Waals surface area contributed by atoms with Gasteiger partial charge in [-0.3, -0.25) is 4.79 Å². The lowest BCUT2D eigenvalue weighted by atomic mass is 10.2. The van der Waals surface area contributed by atoms with Gasteiger partial charge in [0.25, 0.3) is 5.91 Å². The first-order valence-electron chi connectivity index (χ1n) is 10.4. The molecule has 0 aliphatic carbocycles. The summed E-state index contributed by atoms with van der Waals surface area (Å²) in [6.07, 6.45) is 1.11. The molecule has 0 bridgehead atoms. The van der Waals surface area contributed by atoms with Crippen LogP contribution in [0.15, 0.2) is 46.2 Å². The fraction of sp³-hybridized carbons (Fsp3) is 0.304. The van der Waals surface area contributed by atoms with Crippen LogP contribution < -0.4 is 11.1 Å². The van der Waals surface area contributed by atoms with Crippen LogP contribution in [0.3, 0.4) is 0 Å². The molecule has 0 saturated heterocycles. The molecule has 1 aromatic heterocycles. The highest BCUT2D eigenvalue weighted by molar-refractivity contribution is 7.91. The van der Waals surface area contributed by atoms with Gasteiger partial charge in [0.05, 0.1) is 11.5 Å². The van der Waals surface area contributed by atoms with Crippen molar-refractivity contribution in [3.05, 3.63) is 58.2 Å². The lowest BCUT2D eigenvalue weighted by molar-refractivity contribution is 0.0945. The van der Waals surface area contributed by atoms with E-state index in [9.17, 15) is 18.0 Å². The standard InChI is InChI=1S/C23H26ClN3O5S/c1-14-10-15(2)12-17(11-14)33(30,31)21-18-13-16(24)6-7-19(18)27-20(21)22(28)26-8-4-3-5-9-32-23(25)29/h6-7,10-13,27H,3-5,8-9H2,1-2H3,(H2,25,29)(H,26,28). The average molecular weight is 492 g/mol. The van der Waals surface area contributed by atoms with Gasteiger partial charge in [0, 0.05) is 22.5 Å². The van der Waals surface area contributed by atoms with Crippen molar-refractivity contribution in [3.8, 4) is 0 Å². The number of aromatic nitrogens is 1. The van der Waals surface area contributed by atoms with E-state index >= 15 is 0 Å². The number of sulfone groups is 1. The zero-order valence-corrected chi connectivity index (χ0v) is 20.0. The summed E-state index contributed by atoms with van der Waals surface area (Å²) in [7, 11) is -4.02. The Morgan fingerprint density at radius 3 is 2.42 bits per heavy atom. The minimum absolute atomic E-state index is 0.0384. The topological polar surface area (TPSA) is 131 Å². The highest BCUT2D eigenvalue weighted by Crippen LogP contribution is 2.34. The smallest absolute Gasteiger partial charge is 0.404 e. The number of carbonyl (C=O) groups is 2. The number of rotatable bonds is 9. The van der Waals surface area contributed by atoms with E-state index in [0.29, 0.717) is 41.7 Å². The molecule has 3 aromatic rings. The van der Waals surface area contributed by atoms with Crippen LogP contribution in [0.4, 0.5) is 4.79 Å². The molecule has 0 saturated carbocycles. The third-order valence-corrected chi connectivity index (χ3v) is 7.12. The number of carbonyl (C=O) groups excluding carboxylic acids is 2. The Morgan fingerprint density at radius 2 is 1.76 bits per heavy atom. The number of ether oxygens (including phenoxy) is 1. The Balaban J connectivity index is 1.89. The second-order valence-electron chi connectivity index (χ2n) is 7.83. The van der Waals surface area contributed by atoms with Gasteiger partial charge in [0.1, 0.15) is 10.6 Å². The molecule has 0 aliphatic rings. The van der Waals surface area contributed by atoms with Gasteiger partial charge in [0.15, 0.2) is 0 Å². The van der Waals surface area contributed by atoms with Gasteiger partial charge in [0.2, 0.25) is 9.84 Å². The number of benzene rings is 2. The van der Waals surface area contributed by atoms with Gasteiger partial charge in [-0.05, 0) is 74.6 Å². The van der Waals surface area contributed by atoms with Gasteiger partial charge in [-0.2, -0.15) is 0 Å². The predicted octanol–water partition coefficient (Wildman–Crippen LogP) is 4.27. The monoisotopic (exact) mass is 491 g/mol. The van der Waals surface area contributed by atoms with Gasteiger partial charge >= 0.3 is 6.09 Å². The molecule has 0 atom stereocenters. The Morgan fingerprint density at radius 1 is 1.06 bits per heavy atom. The Hall–Kier alpha value is -3.04. The first-order chi connectivity index (χ1) is 15.6. The van der Waals surface area contributed by atoms with E-state index in [1.807, 2.05) is 19.9 Å². The van der Waals surface area contributed by atoms with Crippen LogP contribution in [0.2, 0.25) is 5.02 Å². The Labute approximate surface area is 197 Å². The van der Waals surface area contributed by atoms with E-state index in [2.05, 4.69) is 15.0 Å². The van der Waals surface area contributed by atoms with Crippen molar-refractivity contribution in [2.24, 2.45) is 5.73 Å². The SMILES string of the molecule is Cc1cc(C)cc(S(=O)(=O)c2c(C(=O)NCCCCCOC(N)=O)[nH]c3ccc(Cl)cc23)c1. The van der Waals surface area contributed by atoms with Crippen molar-refractivity contribution >= 4 is 44.3 Å². The molecule has 33 heavy (non-hydrogen) atoms. The molecule has 8 nitrogen and oxygen atoms in total. The third-order valence-electron chi connectivity index (χ3n) is 5.07. The lowest BCUT2D eigenvalue weighted by Gasteiger charge is -2.10. The fourth-order valence-corrected chi connectivity index (χ4v) is 5.61. The molecule has 2 amide bonds. The molecule has 0 unspecified atom stereocenters. The number of fused-ring (bicyclic) bond motifs is 1. The maximum atomic E-state index is 13.7. The number of unbranched alkanes of at least 4 members (excludes halogenated alkanes) is 2. The summed E-state index contributed by atoms with van der Waals surface area (Å²) < 4.78 is 32.0. The van der Waals surface area contributed by atoms with E-state index in [0.717, 1.165) is 11.1 Å².